The molecule has 2 aromatic carbocycles. The Bertz CT molecular complexity index is 897. The molecule has 0 aliphatic carbocycles. The molecule has 0 saturated carbocycles. The molecule has 1 atom stereocenters. The summed E-state index contributed by atoms with van der Waals surface area (Å²) in [5.41, 5.74) is 4.12. The maximum atomic E-state index is 13.5. The Kier molecular flexibility index (Phi) is 7.34. The Morgan fingerprint density at radius 1 is 1.07 bits per heavy atom. The lowest BCUT2D eigenvalue weighted by Gasteiger charge is -2.11. The van der Waals surface area contributed by atoms with Gasteiger partial charge in [0, 0.05) is 6.61 Å². The van der Waals surface area contributed by atoms with Crippen LogP contribution in [0.2, 0.25) is 0 Å². The average Bonchev–Trinajstić information content (AvgIpc) is 3.29. The summed E-state index contributed by atoms with van der Waals surface area (Å²) in [7, 11) is 0. The zero-order chi connectivity index (χ0) is 21.3. The minimum Gasteiger partial charge on any atom is -0.491 e. The first-order valence-corrected chi connectivity index (χ1v) is 9.38. The molecular weight excluding hydrogens is 395 g/mol. The maximum Gasteiger partial charge on any atom is 0.338 e. The smallest absolute Gasteiger partial charge is 0.338 e. The predicted octanol–water partition coefficient (Wildman–Crippen LogP) is 2.00. The third kappa shape index (κ3) is 6.02. The van der Waals surface area contributed by atoms with Crippen molar-refractivity contribution in [3.8, 4) is 5.75 Å². The number of carbonyl (C=O) groups is 3. The average molecular weight is 416 g/mol. The number of hydrogen-bond acceptors (Lipinski definition) is 6. The summed E-state index contributed by atoms with van der Waals surface area (Å²) < 4.78 is 29.5. The lowest BCUT2D eigenvalue weighted by atomic mass is 10.2. The van der Waals surface area contributed by atoms with Crippen molar-refractivity contribution in [3.63, 3.8) is 0 Å². The lowest BCUT2D eigenvalue weighted by molar-refractivity contribution is -0.125. The number of nitrogens with one attached hydrogen (secondary N) is 2. The molecule has 158 valence electrons. The highest BCUT2D eigenvalue weighted by atomic mass is 19.1. The highest BCUT2D eigenvalue weighted by Gasteiger charge is 2.16. The summed E-state index contributed by atoms with van der Waals surface area (Å²) in [6, 6.07) is 11.6. The van der Waals surface area contributed by atoms with Crippen LogP contribution >= 0.6 is 0 Å². The molecule has 1 aliphatic heterocycles. The van der Waals surface area contributed by atoms with Crippen LogP contribution in [0.1, 0.15) is 33.6 Å². The van der Waals surface area contributed by atoms with Crippen LogP contribution in [0.15, 0.2) is 48.5 Å². The van der Waals surface area contributed by atoms with Crippen molar-refractivity contribution in [1.29, 1.82) is 0 Å². The van der Waals surface area contributed by atoms with Crippen LogP contribution in [0, 0.1) is 5.82 Å². The van der Waals surface area contributed by atoms with Gasteiger partial charge in [-0.05, 0) is 49.2 Å². The molecule has 2 aromatic rings. The summed E-state index contributed by atoms with van der Waals surface area (Å²) in [5.74, 6) is -2.44. The molecule has 30 heavy (non-hydrogen) atoms. The molecule has 9 heteroatoms. The van der Waals surface area contributed by atoms with E-state index in [1.165, 1.54) is 30.3 Å². The highest BCUT2D eigenvalue weighted by Crippen LogP contribution is 2.17. The fraction of sp³-hybridized carbons (Fsp3) is 0.286. The molecule has 1 fully saturated rings. The van der Waals surface area contributed by atoms with Crippen molar-refractivity contribution in [2.24, 2.45) is 0 Å². The number of rotatable bonds is 7. The fourth-order valence-electron chi connectivity index (χ4n) is 2.74. The van der Waals surface area contributed by atoms with E-state index in [2.05, 4.69) is 10.9 Å². The van der Waals surface area contributed by atoms with Crippen LogP contribution in [-0.2, 0) is 14.3 Å². The number of ether oxygens (including phenoxy) is 3. The largest absolute Gasteiger partial charge is 0.491 e. The predicted molar refractivity (Wildman–Crippen MR) is 103 cm³/mol. The summed E-state index contributed by atoms with van der Waals surface area (Å²) in [5, 5.41) is 0. The van der Waals surface area contributed by atoms with Crippen molar-refractivity contribution in [2.75, 3.05) is 19.8 Å². The number of hydrogen-bond donors (Lipinski definition) is 2. The Balaban J connectivity index is 1.39. The van der Waals surface area contributed by atoms with E-state index >= 15 is 0 Å². The maximum absolute atomic E-state index is 13.5. The van der Waals surface area contributed by atoms with E-state index < -0.39 is 30.2 Å². The second kappa shape index (κ2) is 10.4. The van der Waals surface area contributed by atoms with Gasteiger partial charge in [0.15, 0.2) is 6.61 Å². The van der Waals surface area contributed by atoms with Gasteiger partial charge in [0.05, 0.1) is 17.2 Å². The van der Waals surface area contributed by atoms with Gasteiger partial charge in [-0.3, -0.25) is 20.4 Å². The van der Waals surface area contributed by atoms with Crippen molar-refractivity contribution in [2.45, 2.75) is 18.9 Å². The number of esters is 1. The zero-order valence-corrected chi connectivity index (χ0v) is 16.1. The molecular formula is C21H21FN2O6. The van der Waals surface area contributed by atoms with Gasteiger partial charge in [-0.2, -0.15) is 0 Å². The summed E-state index contributed by atoms with van der Waals surface area (Å²) in [6.45, 7) is 0.579. The molecule has 8 nitrogen and oxygen atoms in total. The summed E-state index contributed by atoms with van der Waals surface area (Å²) in [6.07, 6.45) is 2.08. The van der Waals surface area contributed by atoms with E-state index in [1.54, 1.807) is 12.1 Å². The SMILES string of the molecule is O=C(COC(=O)c1ccc(OC[C@H]2CCCO2)cc1)NNC(=O)c1ccccc1F. The summed E-state index contributed by atoms with van der Waals surface area (Å²) >= 11 is 0. The molecule has 3 rings (SSSR count). The molecule has 0 aromatic heterocycles. The molecule has 1 saturated heterocycles. The normalized spacial score (nSPS) is 15.3. The van der Waals surface area contributed by atoms with Crippen molar-refractivity contribution < 1.29 is 33.0 Å². The molecule has 1 aliphatic rings. The quantitative estimate of drug-likeness (QED) is 0.529. The van der Waals surface area contributed by atoms with Gasteiger partial charge in [0.2, 0.25) is 0 Å². The van der Waals surface area contributed by atoms with E-state index in [-0.39, 0.29) is 17.2 Å². The van der Waals surface area contributed by atoms with Crippen LogP contribution in [-0.4, -0.2) is 43.7 Å². The van der Waals surface area contributed by atoms with Gasteiger partial charge in [-0.1, -0.05) is 12.1 Å². The first-order chi connectivity index (χ1) is 14.5. The fourth-order valence-corrected chi connectivity index (χ4v) is 2.74. The first-order valence-electron chi connectivity index (χ1n) is 9.38. The van der Waals surface area contributed by atoms with Crippen LogP contribution in [0.25, 0.3) is 0 Å². The molecule has 1 heterocycles. The van der Waals surface area contributed by atoms with Gasteiger partial charge in [0.1, 0.15) is 18.2 Å². The minimum atomic E-state index is -0.827. The molecule has 0 spiro atoms. The lowest BCUT2D eigenvalue weighted by Crippen LogP contribution is -2.43. The van der Waals surface area contributed by atoms with Crippen LogP contribution in [0.5, 0.6) is 5.75 Å². The number of halogens is 1. The number of carbonyl (C=O) groups excluding carboxylic acids is 3. The first kappa shape index (κ1) is 21.3. The molecule has 0 unspecified atom stereocenters. The van der Waals surface area contributed by atoms with E-state index in [0.29, 0.717) is 12.4 Å². The third-order valence-corrected chi connectivity index (χ3v) is 4.32. The zero-order valence-electron chi connectivity index (χ0n) is 16.1. The standard InChI is InChI=1S/C21H21FN2O6/c22-18-6-2-1-5-17(18)20(26)24-23-19(25)13-30-21(27)14-7-9-15(10-8-14)29-12-16-4-3-11-28-16/h1-2,5-10,16H,3-4,11-13H2,(H,23,25)(H,24,26)/t16-/m1/s1. The third-order valence-electron chi connectivity index (χ3n) is 4.32. The second-order valence-electron chi connectivity index (χ2n) is 6.53. The Morgan fingerprint density at radius 3 is 2.53 bits per heavy atom. The molecule has 0 radical (unpaired) electrons. The monoisotopic (exact) mass is 416 g/mol. The van der Waals surface area contributed by atoms with Gasteiger partial charge < -0.3 is 14.2 Å². The number of amides is 2. The Morgan fingerprint density at radius 2 is 1.83 bits per heavy atom. The van der Waals surface area contributed by atoms with Gasteiger partial charge in [-0.15, -0.1) is 0 Å². The van der Waals surface area contributed by atoms with Gasteiger partial charge in [-0.25, -0.2) is 9.18 Å². The highest BCUT2D eigenvalue weighted by molar-refractivity contribution is 5.96. The van der Waals surface area contributed by atoms with Gasteiger partial charge in [0.25, 0.3) is 11.8 Å². The van der Waals surface area contributed by atoms with Crippen molar-refractivity contribution in [1.82, 2.24) is 10.9 Å². The van der Waals surface area contributed by atoms with E-state index in [9.17, 15) is 18.8 Å². The van der Waals surface area contributed by atoms with Crippen LogP contribution in [0.4, 0.5) is 4.39 Å². The summed E-state index contributed by atoms with van der Waals surface area (Å²) in [4.78, 5) is 35.6. The van der Waals surface area contributed by atoms with Crippen LogP contribution < -0.4 is 15.6 Å². The molecule has 0 bridgehead atoms. The van der Waals surface area contributed by atoms with E-state index in [0.717, 1.165) is 25.5 Å². The Hall–Kier alpha value is -3.46. The second-order valence-corrected chi connectivity index (χ2v) is 6.53. The number of benzene rings is 2. The number of hydrazine groups is 1. The van der Waals surface area contributed by atoms with Crippen molar-refractivity contribution in [3.05, 3.63) is 65.5 Å². The molecule has 2 amide bonds. The van der Waals surface area contributed by atoms with Gasteiger partial charge >= 0.3 is 5.97 Å². The van der Waals surface area contributed by atoms with E-state index in [4.69, 9.17) is 14.2 Å². The van der Waals surface area contributed by atoms with Crippen molar-refractivity contribution >= 4 is 17.8 Å². The van der Waals surface area contributed by atoms with E-state index in [1.807, 2.05) is 0 Å². The Labute approximate surface area is 172 Å². The molecule has 2 N–H and O–H groups in total. The minimum absolute atomic E-state index is 0.0898. The topological polar surface area (TPSA) is 103 Å². The van der Waals surface area contributed by atoms with Crippen LogP contribution in [0.3, 0.4) is 0 Å².